The third-order valence-corrected chi connectivity index (χ3v) is 5.45. The van der Waals surface area contributed by atoms with Gasteiger partial charge in [-0.2, -0.15) is 0 Å². The van der Waals surface area contributed by atoms with Gasteiger partial charge in [-0.05, 0) is 12.8 Å². The van der Waals surface area contributed by atoms with Crippen molar-refractivity contribution in [3.8, 4) is 0 Å². The van der Waals surface area contributed by atoms with Gasteiger partial charge in [-0.25, -0.2) is 4.98 Å². The lowest BCUT2D eigenvalue weighted by Crippen LogP contribution is -2.39. The van der Waals surface area contributed by atoms with Crippen LogP contribution in [0.25, 0.3) is 0 Å². The molecule has 0 aliphatic carbocycles. The van der Waals surface area contributed by atoms with Gasteiger partial charge in [0, 0.05) is 35.8 Å². The highest BCUT2D eigenvalue weighted by molar-refractivity contribution is 7.11. The monoisotopic (exact) mass is 266 g/mol. The van der Waals surface area contributed by atoms with Gasteiger partial charge in [0.15, 0.2) is 0 Å². The molecule has 0 radical (unpaired) electrons. The van der Waals surface area contributed by atoms with Crippen LogP contribution in [-0.4, -0.2) is 22.5 Å². The van der Waals surface area contributed by atoms with Crippen LogP contribution in [-0.2, 0) is 18.4 Å². The molecule has 1 unspecified atom stereocenters. The minimum Gasteiger partial charge on any atom is -0.295 e. The molecule has 0 spiro atoms. The van der Waals surface area contributed by atoms with Crippen LogP contribution in [0.4, 0.5) is 0 Å². The Bertz CT molecular complexity index is 415. The van der Waals surface area contributed by atoms with Crippen molar-refractivity contribution in [1.82, 2.24) is 9.88 Å². The van der Waals surface area contributed by atoms with E-state index in [1.54, 1.807) is 0 Å². The first-order chi connectivity index (χ1) is 8.29. The Morgan fingerprint density at radius 2 is 1.89 bits per heavy atom. The fourth-order valence-corrected chi connectivity index (χ4v) is 3.50. The number of rotatable bonds is 2. The minimum atomic E-state index is 0.191. The molecule has 1 aromatic heterocycles. The molecule has 1 aromatic rings. The standard InChI is InChI=1S/C15H26N2S/c1-10(2)11(3)17-8-7-12-13(9-17)18-14(16-12)15(4,5)6/h10-11H,7-9H2,1-6H3. The van der Waals surface area contributed by atoms with Crippen LogP contribution in [0, 0.1) is 5.92 Å². The molecule has 2 heterocycles. The molecule has 0 fully saturated rings. The minimum absolute atomic E-state index is 0.191. The van der Waals surface area contributed by atoms with Crippen molar-refractivity contribution in [2.24, 2.45) is 5.92 Å². The first-order valence-electron chi connectivity index (χ1n) is 7.02. The molecular weight excluding hydrogens is 240 g/mol. The van der Waals surface area contributed by atoms with E-state index in [1.165, 1.54) is 22.1 Å². The van der Waals surface area contributed by atoms with E-state index in [-0.39, 0.29) is 5.41 Å². The quantitative estimate of drug-likeness (QED) is 0.808. The van der Waals surface area contributed by atoms with E-state index in [1.807, 2.05) is 11.3 Å². The van der Waals surface area contributed by atoms with Crippen LogP contribution in [0.1, 0.15) is 57.1 Å². The van der Waals surface area contributed by atoms with Crippen molar-refractivity contribution < 1.29 is 0 Å². The van der Waals surface area contributed by atoms with Crippen molar-refractivity contribution in [3.05, 3.63) is 15.6 Å². The molecule has 1 aliphatic heterocycles. The maximum Gasteiger partial charge on any atom is 0.0985 e. The van der Waals surface area contributed by atoms with Gasteiger partial charge in [0.05, 0.1) is 10.7 Å². The van der Waals surface area contributed by atoms with E-state index < -0.39 is 0 Å². The van der Waals surface area contributed by atoms with Gasteiger partial charge in [-0.1, -0.05) is 34.6 Å². The maximum absolute atomic E-state index is 4.85. The fraction of sp³-hybridized carbons (Fsp3) is 0.800. The lowest BCUT2D eigenvalue weighted by Gasteiger charge is -2.34. The normalized spacial score (nSPS) is 19.1. The summed E-state index contributed by atoms with van der Waals surface area (Å²) in [5.74, 6) is 0.724. The first kappa shape index (κ1) is 14.0. The van der Waals surface area contributed by atoms with Gasteiger partial charge in [0.2, 0.25) is 0 Å². The zero-order valence-electron chi connectivity index (χ0n) is 12.6. The summed E-state index contributed by atoms with van der Waals surface area (Å²) in [5, 5.41) is 1.30. The maximum atomic E-state index is 4.85. The zero-order valence-corrected chi connectivity index (χ0v) is 13.4. The van der Waals surface area contributed by atoms with Crippen molar-refractivity contribution >= 4 is 11.3 Å². The first-order valence-corrected chi connectivity index (χ1v) is 7.84. The molecule has 1 atom stereocenters. The second-order valence-corrected chi connectivity index (χ2v) is 7.93. The molecule has 2 nitrogen and oxygen atoms in total. The smallest absolute Gasteiger partial charge is 0.0985 e. The average molecular weight is 266 g/mol. The lowest BCUT2D eigenvalue weighted by molar-refractivity contribution is 0.154. The van der Waals surface area contributed by atoms with Crippen LogP contribution in [0.15, 0.2) is 0 Å². The van der Waals surface area contributed by atoms with Crippen molar-refractivity contribution in [1.29, 1.82) is 0 Å². The molecule has 18 heavy (non-hydrogen) atoms. The molecule has 2 rings (SSSR count). The fourth-order valence-electron chi connectivity index (χ4n) is 2.31. The predicted molar refractivity (Wildman–Crippen MR) is 79.2 cm³/mol. The molecule has 0 amide bonds. The third kappa shape index (κ3) is 2.77. The zero-order chi connectivity index (χ0) is 13.5. The topological polar surface area (TPSA) is 16.1 Å². The van der Waals surface area contributed by atoms with Crippen LogP contribution in [0.3, 0.4) is 0 Å². The highest BCUT2D eigenvalue weighted by atomic mass is 32.1. The van der Waals surface area contributed by atoms with Gasteiger partial charge >= 0.3 is 0 Å². The second kappa shape index (κ2) is 4.93. The van der Waals surface area contributed by atoms with Crippen LogP contribution in [0.2, 0.25) is 0 Å². The van der Waals surface area contributed by atoms with E-state index in [9.17, 15) is 0 Å². The molecular formula is C15H26N2S. The molecule has 0 bridgehead atoms. The van der Waals surface area contributed by atoms with Gasteiger partial charge in [0.25, 0.3) is 0 Å². The number of thiazole rings is 1. The molecule has 1 aliphatic rings. The number of fused-ring (bicyclic) bond motifs is 1. The van der Waals surface area contributed by atoms with Gasteiger partial charge in [-0.3, -0.25) is 4.90 Å². The van der Waals surface area contributed by atoms with E-state index >= 15 is 0 Å². The molecule has 0 saturated carbocycles. The molecule has 3 heteroatoms. The van der Waals surface area contributed by atoms with Crippen LogP contribution in [0.5, 0.6) is 0 Å². The number of hydrogen-bond donors (Lipinski definition) is 0. The highest BCUT2D eigenvalue weighted by Crippen LogP contribution is 2.33. The summed E-state index contributed by atoms with van der Waals surface area (Å²) in [6, 6.07) is 0.665. The summed E-state index contributed by atoms with van der Waals surface area (Å²) in [6.45, 7) is 16.0. The molecule has 0 saturated heterocycles. The largest absolute Gasteiger partial charge is 0.295 e. The van der Waals surface area contributed by atoms with Crippen molar-refractivity contribution in [2.75, 3.05) is 6.54 Å². The molecule has 102 valence electrons. The Morgan fingerprint density at radius 3 is 2.44 bits per heavy atom. The SMILES string of the molecule is CC(C)C(C)N1CCc2nc(C(C)(C)C)sc2C1. The highest BCUT2D eigenvalue weighted by Gasteiger charge is 2.27. The summed E-state index contributed by atoms with van der Waals surface area (Å²) in [6.07, 6.45) is 1.12. The van der Waals surface area contributed by atoms with Gasteiger partial charge in [-0.15, -0.1) is 11.3 Å². The number of nitrogens with zero attached hydrogens (tertiary/aromatic N) is 2. The third-order valence-electron chi connectivity index (χ3n) is 3.94. The summed E-state index contributed by atoms with van der Waals surface area (Å²) in [5.41, 5.74) is 1.55. The van der Waals surface area contributed by atoms with Crippen molar-refractivity contribution in [3.63, 3.8) is 0 Å². The predicted octanol–water partition coefficient (Wildman–Crippen LogP) is 3.84. The van der Waals surface area contributed by atoms with E-state index in [0.717, 1.165) is 18.9 Å². The van der Waals surface area contributed by atoms with Crippen LogP contribution >= 0.6 is 11.3 Å². The summed E-state index contributed by atoms with van der Waals surface area (Å²) in [4.78, 5) is 8.96. The van der Waals surface area contributed by atoms with Gasteiger partial charge in [0.1, 0.15) is 0 Å². The Kier molecular flexibility index (Phi) is 3.84. The Hall–Kier alpha value is -0.410. The average Bonchev–Trinajstić information content (AvgIpc) is 2.69. The Morgan fingerprint density at radius 1 is 1.22 bits per heavy atom. The van der Waals surface area contributed by atoms with Crippen LogP contribution < -0.4 is 0 Å². The molecule has 0 aromatic carbocycles. The Balaban J connectivity index is 2.17. The second-order valence-electron chi connectivity index (χ2n) is 6.84. The molecule has 0 N–H and O–H groups in total. The lowest BCUT2D eigenvalue weighted by atomic mass is 9.98. The van der Waals surface area contributed by atoms with Gasteiger partial charge < -0.3 is 0 Å². The summed E-state index contributed by atoms with van der Waals surface area (Å²) in [7, 11) is 0. The summed E-state index contributed by atoms with van der Waals surface area (Å²) < 4.78 is 0. The number of aromatic nitrogens is 1. The Labute approximate surface area is 115 Å². The van der Waals surface area contributed by atoms with Crippen molar-refractivity contribution in [2.45, 2.75) is 66.0 Å². The van der Waals surface area contributed by atoms with E-state index in [4.69, 9.17) is 4.98 Å². The number of hydrogen-bond acceptors (Lipinski definition) is 3. The van der Waals surface area contributed by atoms with E-state index in [0.29, 0.717) is 6.04 Å². The van der Waals surface area contributed by atoms with E-state index in [2.05, 4.69) is 46.4 Å². The summed E-state index contributed by atoms with van der Waals surface area (Å²) >= 11 is 1.92.